The van der Waals surface area contributed by atoms with Crippen LogP contribution in [-0.4, -0.2) is 59.7 Å². The molecule has 3 rings (SSSR count). The predicted octanol–water partition coefficient (Wildman–Crippen LogP) is 1.77. The summed E-state index contributed by atoms with van der Waals surface area (Å²) in [6.45, 7) is 3.67. The normalized spacial score (nSPS) is 18.9. The molecule has 0 bridgehead atoms. The molecule has 2 fully saturated rings. The first-order valence-corrected chi connectivity index (χ1v) is 9.48. The topological polar surface area (TPSA) is 125 Å². The highest BCUT2D eigenvalue weighted by Gasteiger charge is 2.56. The van der Waals surface area contributed by atoms with Gasteiger partial charge in [-0.05, 0) is 50.6 Å². The number of barbiturate groups is 1. The Hall–Kier alpha value is -3.15. The zero-order valence-corrected chi connectivity index (χ0v) is 16.6. The van der Waals surface area contributed by atoms with E-state index in [4.69, 9.17) is 14.6 Å². The van der Waals surface area contributed by atoms with Crippen LogP contribution >= 0.6 is 0 Å². The number of halogens is 3. The monoisotopic (exact) mass is 445 g/mol. The highest BCUT2D eigenvalue weighted by atomic mass is 19.4. The number of rotatable bonds is 4. The minimum atomic E-state index is -5.08. The third-order valence-corrected chi connectivity index (χ3v) is 4.77. The number of hydrogen-bond donors (Lipinski definition) is 3. The summed E-state index contributed by atoms with van der Waals surface area (Å²) in [5.74, 6) is -3.28. The van der Waals surface area contributed by atoms with Crippen molar-refractivity contribution in [3.8, 4) is 5.75 Å². The number of likely N-dealkylation sites (tertiary alicyclic amines) is 1. The molecule has 0 atom stereocenters. The lowest BCUT2D eigenvalue weighted by Crippen LogP contribution is -2.71. The maximum Gasteiger partial charge on any atom is 0.490 e. The summed E-state index contributed by atoms with van der Waals surface area (Å²) in [7, 11) is 0. The van der Waals surface area contributed by atoms with E-state index in [1.54, 1.807) is 24.3 Å². The highest BCUT2D eigenvalue weighted by molar-refractivity contribution is 6.22. The molecule has 2 aliphatic heterocycles. The van der Waals surface area contributed by atoms with Crippen molar-refractivity contribution >= 4 is 23.8 Å². The average Bonchev–Trinajstić information content (AvgIpc) is 2.70. The van der Waals surface area contributed by atoms with Crippen LogP contribution in [0.4, 0.5) is 18.0 Å². The van der Waals surface area contributed by atoms with Gasteiger partial charge in [-0.2, -0.15) is 13.2 Å². The van der Waals surface area contributed by atoms with Crippen LogP contribution in [0.5, 0.6) is 5.75 Å². The molecule has 12 heteroatoms. The molecule has 2 saturated heterocycles. The number of nitrogens with zero attached hydrogens (tertiary/aromatic N) is 1. The number of carbonyl (C=O) groups is 4. The number of ether oxygens (including phenoxy) is 1. The van der Waals surface area contributed by atoms with Crippen molar-refractivity contribution in [3.63, 3.8) is 0 Å². The molecule has 0 radical (unpaired) electrons. The first kappa shape index (κ1) is 24.1. The number of piperidine rings is 1. The van der Waals surface area contributed by atoms with Gasteiger partial charge in [-0.3, -0.25) is 25.1 Å². The molecular formula is C19H22F3N3O6. The van der Waals surface area contributed by atoms with E-state index in [0.29, 0.717) is 31.0 Å². The molecule has 1 aromatic rings. The minimum Gasteiger partial charge on any atom is -0.494 e. The van der Waals surface area contributed by atoms with Gasteiger partial charge in [0.05, 0.1) is 6.61 Å². The van der Waals surface area contributed by atoms with Gasteiger partial charge in [0.25, 0.3) is 11.8 Å². The third kappa shape index (κ3) is 5.32. The van der Waals surface area contributed by atoms with Crippen LogP contribution in [0.2, 0.25) is 0 Å². The average molecular weight is 445 g/mol. The van der Waals surface area contributed by atoms with Gasteiger partial charge in [0.15, 0.2) is 0 Å². The van der Waals surface area contributed by atoms with Crippen molar-refractivity contribution in [2.75, 3.05) is 19.7 Å². The summed E-state index contributed by atoms with van der Waals surface area (Å²) in [6, 6.07) is 6.13. The number of hydrogen-bond acceptors (Lipinski definition) is 6. The number of carbonyl (C=O) groups excluding carboxylic acids is 3. The number of imide groups is 2. The fourth-order valence-corrected chi connectivity index (χ4v) is 3.44. The van der Waals surface area contributed by atoms with Crippen LogP contribution in [0, 0.1) is 0 Å². The molecule has 1 aromatic carbocycles. The van der Waals surface area contributed by atoms with E-state index in [0.717, 1.165) is 19.3 Å². The van der Waals surface area contributed by atoms with Crippen molar-refractivity contribution in [2.45, 2.75) is 37.9 Å². The zero-order chi connectivity index (χ0) is 23.2. The van der Waals surface area contributed by atoms with Gasteiger partial charge in [-0.25, -0.2) is 9.59 Å². The van der Waals surface area contributed by atoms with Gasteiger partial charge in [-0.15, -0.1) is 0 Å². The highest BCUT2D eigenvalue weighted by Crippen LogP contribution is 2.34. The lowest BCUT2D eigenvalue weighted by atomic mass is 9.83. The first-order valence-electron chi connectivity index (χ1n) is 9.48. The van der Waals surface area contributed by atoms with Crippen molar-refractivity contribution in [2.24, 2.45) is 0 Å². The van der Waals surface area contributed by atoms with Crippen LogP contribution < -0.4 is 15.4 Å². The number of alkyl halides is 3. The second-order valence-electron chi connectivity index (χ2n) is 6.76. The molecule has 4 amide bonds. The van der Waals surface area contributed by atoms with Crippen LogP contribution in [-0.2, 0) is 19.9 Å². The van der Waals surface area contributed by atoms with Gasteiger partial charge in [0.2, 0.25) is 5.54 Å². The number of urea groups is 1. The van der Waals surface area contributed by atoms with E-state index in [9.17, 15) is 27.6 Å². The second kappa shape index (κ2) is 9.77. The number of carboxylic acid groups (broad SMARTS) is 1. The van der Waals surface area contributed by atoms with Crippen LogP contribution in [0.3, 0.4) is 0 Å². The van der Waals surface area contributed by atoms with Gasteiger partial charge in [0, 0.05) is 0 Å². The van der Waals surface area contributed by atoms with E-state index >= 15 is 0 Å². The molecule has 170 valence electrons. The Kier molecular flexibility index (Phi) is 7.60. The summed E-state index contributed by atoms with van der Waals surface area (Å²) < 4.78 is 37.2. The maximum absolute atomic E-state index is 12.8. The Morgan fingerprint density at radius 3 is 1.97 bits per heavy atom. The van der Waals surface area contributed by atoms with E-state index < -0.39 is 35.5 Å². The predicted molar refractivity (Wildman–Crippen MR) is 100 cm³/mol. The summed E-state index contributed by atoms with van der Waals surface area (Å²) in [4.78, 5) is 47.8. The van der Waals surface area contributed by atoms with Crippen LogP contribution in [0.25, 0.3) is 0 Å². The van der Waals surface area contributed by atoms with Gasteiger partial charge < -0.3 is 9.84 Å². The second-order valence-corrected chi connectivity index (χ2v) is 6.76. The van der Waals surface area contributed by atoms with Gasteiger partial charge in [-0.1, -0.05) is 18.6 Å². The standard InChI is InChI=1S/C17H21N3O4.C2HF3O2/c1-2-24-13-8-6-12(7-9-13)17(20-10-4-3-5-11-20)14(21)18-16(23)19-15(17)22;3-2(4,5)1(6)7/h6-9H,2-5,10-11H2,1H3,(H2,18,19,21,22,23);(H,6,7). The number of nitrogens with one attached hydrogen (secondary N) is 2. The Morgan fingerprint density at radius 1 is 1.06 bits per heavy atom. The zero-order valence-electron chi connectivity index (χ0n) is 16.6. The molecule has 2 heterocycles. The fraction of sp³-hybridized carbons (Fsp3) is 0.474. The molecule has 31 heavy (non-hydrogen) atoms. The summed E-state index contributed by atoms with van der Waals surface area (Å²) in [5, 5.41) is 11.6. The summed E-state index contributed by atoms with van der Waals surface area (Å²) >= 11 is 0. The van der Waals surface area contributed by atoms with E-state index in [1.807, 2.05) is 11.8 Å². The van der Waals surface area contributed by atoms with E-state index in [2.05, 4.69) is 10.6 Å². The fourth-order valence-electron chi connectivity index (χ4n) is 3.44. The summed E-state index contributed by atoms with van der Waals surface area (Å²) in [5.41, 5.74) is -0.977. The van der Waals surface area contributed by atoms with Crippen LogP contribution in [0.1, 0.15) is 31.7 Å². The molecule has 0 aromatic heterocycles. The quantitative estimate of drug-likeness (QED) is 0.603. The van der Waals surface area contributed by atoms with Gasteiger partial charge >= 0.3 is 18.2 Å². The lowest BCUT2D eigenvalue weighted by Gasteiger charge is -2.44. The Labute approximate surface area is 175 Å². The Balaban J connectivity index is 0.000000423. The lowest BCUT2D eigenvalue weighted by molar-refractivity contribution is -0.192. The molecule has 0 unspecified atom stereocenters. The molecule has 0 spiro atoms. The molecule has 9 nitrogen and oxygen atoms in total. The number of benzene rings is 1. The largest absolute Gasteiger partial charge is 0.494 e. The third-order valence-electron chi connectivity index (χ3n) is 4.77. The van der Waals surface area contributed by atoms with Crippen molar-refractivity contribution in [1.82, 2.24) is 15.5 Å². The van der Waals surface area contributed by atoms with Crippen LogP contribution in [0.15, 0.2) is 24.3 Å². The maximum atomic E-state index is 12.8. The van der Waals surface area contributed by atoms with E-state index in [-0.39, 0.29) is 0 Å². The van der Waals surface area contributed by atoms with Gasteiger partial charge in [0.1, 0.15) is 5.75 Å². The molecule has 0 aliphatic carbocycles. The Morgan fingerprint density at radius 2 is 1.55 bits per heavy atom. The molecular weight excluding hydrogens is 423 g/mol. The number of aliphatic carboxylic acids is 1. The van der Waals surface area contributed by atoms with Crippen molar-refractivity contribution in [3.05, 3.63) is 29.8 Å². The first-order chi connectivity index (χ1) is 14.5. The SMILES string of the molecule is CCOc1ccc(C2(N3CCCCC3)C(=O)NC(=O)NC2=O)cc1.O=C(O)C(F)(F)F. The van der Waals surface area contributed by atoms with Crippen molar-refractivity contribution in [1.29, 1.82) is 0 Å². The summed E-state index contributed by atoms with van der Waals surface area (Å²) in [6.07, 6.45) is -2.20. The number of carboxylic acids is 1. The van der Waals surface area contributed by atoms with E-state index in [1.165, 1.54) is 0 Å². The number of amides is 4. The van der Waals surface area contributed by atoms with Crippen molar-refractivity contribution < 1.29 is 42.2 Å². The Bertz CT molecular complexity index is 815. The smallest absolute Gasteiger partial charge is 0.490 e. The molecule has 0 saturated carbocycles. The molecule has 3 N–H and O–H groups in total. The minimum absolute atomic E-state index is 0.534. The molecule has 2 aliphatic rings.